The number of hydrogen-bond donors (Lipinski definition) is 2. The zero-order valence-electron chi connectivity index (χ0n) is 12.8. The van der Waals surface area contributed by atoms with Crippen LogP contribution in [-0.2, 0) is 10.8 Å². The highest BCUT2D eigenvalue weighted by Crippen LogP contribution is 2.46. The van der Waals surface area contributed by atoms with Crippen LogP contribution in [0, 0.1) is 0 Å². The van der Waals surface area contributed by atoms with E-state index < -0.39 is 0 Å². The van der Waals surface area contributed by atoms with Gasteiger partial charge in [-0.3, -0.25) is 0 Å². The monoisotopic (exact) mass is 339 g/mol. The maximum absolute atomic E-state index is 10.8. The minimum Gasteiger partial charge on any atom is -0.507 e. The topological polar surface area (TPSA) is 46.2 Å². The highest BCUT2D eigenvalue weighted by molar-refractivity contribution is 9.10. The third-order valence-electron chi connectivity index (χ3n) is 4.66. The second-order valence-corrected chi connectivity index (χ2v) is 8.06. The van der Waals surface area contributed by atoms with Gasteiger partial charge in [0.2, 0.25) is 0 Å². The molecule has 112 valence electrons. The van der Waals surface area contributed by atoms with Crippen LogP contribution in [0.5, 0.6) is 5.75 Å². The smallest absolute Gasteiger partial charge is 0.123 e. The lowest BCUT2D eigenvalue weighted by Crippen LogP contribution is -2.37. The van der Waals surface area contributed by atoms with Crippen molar-refractivity contribution in [2.45, 2.75) is 63.7 Å². The van der Waals surface area contributed by atoms with E-state index in [9.17, 15) is 5.11 Å². The largest absolute Gasteiger partial charge is 0.507 e. The van der Waals surface area contributed by atoms with E-state index in [0.717, 1.165) is 28.4 Å². The van der Waals surface area contributed by atoms with Gasteiger partial charge in [0.15, 0.2) is 0 Å². The highest BCUT2D eigenvalue weighted by Gasteiger charge is 2.36. The van der Waals surface area contributed by atoms with Crippen molar-refractivity contribution >= 4 is 15.9 Å². The summed E-state index contributed by atoms with van der Waals surface area (Å²) in [6.45, 7) is 7.01. The van der Waals surface area contributed by atoms with Crippen molar-refractivity contribution in [2.24, 2.45) is 5.73 Å². The Balaban J connectivity index is 2.58. The summed E-state index contributed by atoms with van der Waals surface area (Å²) in [7, 11) is 0. The summed E-state index contributed by atoms with van der Waals surface area (Å²) in [6, 6.07) is 4.11. The van der Waals surface area contributed by atoms with Crippen molar-refractivity contribution in [1.29, 1.82) is 0 Å². The Morgan fingerprint density at radius 2 is 1.80 bits per heavy atom. The van der Waals surface area contributed by atoms with Crippen molar-refractivity contribution in [3.05, 3.63) is 27.7 Å². The van der Waals surface area contributed by atoms with Gasteiger partial charge in [0.05, 0.1) is 0 Å². The second-order valence-electron chi connectivity index (χ2n) is 7.14. The summed E-state index contributed by atoms with van der Waals surface area (Å²) in [4.78, 5) is 0. The fourth-order valence-electron chi connectivity index (χ4n) is 3.39. The Labute approximate surface area is 130 Å². The molecule has 0 aliphatic heterocycles. The standard InChI is InChI=1S/C17H26BrNO/c1-16(2,3)13-9-12(18)10-14(15(13)20)17(11-19)7-5-4-6-8-17/h9-10,20H,4-8,11,19H2,1-3H3. The SMILES string of the molecule is CC(C)(C)c1cc(Br)cc(C2(CN)CCCCC2)c1O. The molecule has 0 amide bonds. The van der Waals surface area contributed by atoms with Gasteiger partial charge in [0, 0.05) is 27.6 Å². The van der Waals surface area contributed by atoms with Crippen LogP contribution in [-0.4, -0.2) is 11.7 Å². The molecule has 20 heavy (non-hydrogen) atoms. The minimum absolute atomic E-state index is 0.0495. The Morgan fingerprint density at radius 3 is 2.30 bits per heavy atom. The number of hydrogen-bond acceptors (Lipinski definition) is 2. The number of nitrogens with two attached hydrogens (primary N) is 1. The zero-order chi connectivity index (χ0) is 15.0. The van der Waals surface area contributed by atoms with Crippen molar-refractivity contribution in [2.75, 3.05) is 6.54 Å². The first-order valence-corrected chi connectivity index (χ1v) is 8.33. The molecule has 1 aromatic rings. The average Bonchev–Trinajstić information content (AvgIpc) is 2.40. The van der Waals surface area contributed by atoms with Crippen LogP contribution in [0.4, 0.5) is 0 Å². The molecule has 1 saturated carbocycles. The van der Waals surface area contributed by atoms with Crippen LogP contribution in [0.2, 0.25) is 0 Å². The molecule has 0 spiro atoms. The zero-order valence-corrected chi connectivity index (χ0v) is 14.4. The Morgan fingerprint density at radius 1 is 1.20 bits per heavy atom. The number of phenols is 1. The maximum Gasteiger partial charge on any atom is 0.123 e. The fourth-order valence-corrected chi connectivity index (χ4v) is 3.85. The fraction of sp³-hybridized carbons (Fsp3) is 0.647. The van der Waals surface area contributed by atoms with Crippen molar-refractivity contribution in [3.8, 4) is 5.75 Å². The number of aromatic hydroxyl groups is 1. The van der Waals surface area contributed by atoms with Crippen LogP contribution in [0.15, 0.2) is 16.6 Å². The molecular formula is C17H26BrNO. The van der Waals surface area contributed by atoms with Gasteiger partial charge in [-0.2, -0.15) is 0 Å². The molecule has 0 unspecified atom stereocenters. The molecule has 1 aromatic carbocycles. The Hall–Kier alpha value is -0.540. The van der Waals surface area contributed by atoms with E-state index >= 15 is 0 Å². The lowest BCUT2D eigenvalue weighted by atomic mass is 9.68. The lowest BCUT2D eigenvalue weighted by molar-refractivity contribution is 0.289. The molecule has 0 atom stereocenters. The summed E-state index contributed by atoms with van der Waals surface area (Å²) in [6.07, 6.45) is 5.85. The van der Waals surface area contributed by atoms with Crippen LogP contribution in [0.1, 0.15) is 64.0 Å². The minimum atomic E-state index is -0.0763. The van der Waals surface area contributed by atoms with Gasteiger partial charge in [-0.15, -0.1) is 0 Å². The first-order chi connectivity index (χ1) is 9.30. The summed E-state index contributed by atoms with van der Waals surface area (Å²) in [5.74, 6) is 0.452. The van der Waals surface area contributed by atoms with Gasteiger partial charge in [0.1, 0.15) is 5.75 Å². The van der Waals surface area contributed by atoms with Crippen molar-refractivity contribution in [3.63, 3.8) is 0 Å². The maximum atomic E-state index is 10.8. The quantitative estimate of drug-likeness (QED) is 0.826. The third kappa shape index (κ3) is 2.89. The first-order valence-electron chi connectivity index (χ1n) is 7.54. The average molecular weight is 340 g/mol. The van der Waals surface area contributed by atoms with E-state index in [1.807, 2.05) is 6.07 Å². The third-order valence-corrected chi connectivity index (χ3v) is 5.11. The van der Waals surface area contributed by atoms with E-state index in [-0.39, 0.29) is 10.8 Å². The van der Waals surface area contributed by atoms with Gasteiger partial charge >= 0.3 is 0 Å². The lowest BCUT2D eigenvalue weighted by Gasteiger charge is -2.38. The van der Waals surface area contributed by atoms with Gasteiger partial charge in [-0.05, 0) is 30.4 Å². The highest BCUT2D eigenvalue weighted by atomic mass is 79.9. The molecule has 3 heteroatoms. The molecule has 1 aliphatic carbocycles. The summed E-state index contributed by atoms with van der Waals surface area (Å²) in [5, 5.41) is 10.8. The van der Waals surface area contributed by atoms with Crippen LogP contribution >= 0.6 is 15.9 Å². The molecule has 3 N–H and O–H groups in total. The van der Waals surface area contributed by atoms with E-state index in [0.29, 0.717) is 12.3 Å². The summed E-state index contributed by atoms with van der Waals surface area (Å²) in [5.41, 5.74) is 8.04. The van der Waals surface area contributed by atoms with Gasteiger partial charge < -0.3 is 10.8 Å². The first kappa shape index (κ1) is 15.8. The summed E-state index contributed by atoms with van der Waals surface area (Å²) < 4.78 is 1.04. The Kier molecular flexibility index (Phi) is 4.50. The van der Waals surface area contributed by atoms with E-state index in [1.165, 1.54) is 19.3 Å². The van der Waals surface area contributed by atoms with Crippen LogP contribution in [0.3, 0.4) is 0 Å². The van der Waals surface area contributed by atoms with Crippen LogP contribution in [0.25, 0.3) is 0 Å². The van der Waals surface area contributed by atoms with Gasteiger partial charge in [0.25, 0.3) is 0 Å². The number of rotatable bonds is 2. The van der Waals surface area contributed by atoms with Crippen molar-refractivity contribution in [1.82, 2.24) is 0 Å². The van der Waals surface area contributed by atoms with Gasteiger partial charge in [-0.25, -0.2) is 0 Å². The van der Waals surface area contributed by atoms with Crippen LogP contribution < -0.4 is 5.73 Å². The Bertz CT molecular complexity index is 484. The van der Waals surface area contributed by atoms with Crippen molar-refractivity contribution < 1.29 is 5.11 Å². The number of benzene rings is 1. The molecule has 0 bridgehead atoms. The molecule has 2 rings (SSSR count). The summed E-state index contributed by atoms with van der Waals surface area (Å²) >= 11 is 3.61. The van der Waals surface area contributed by atoms with Gasteiger partial charge in [-0.1, -0.05) is 56.0 Å². The molecule has 0 radical (unpaired) electrons. The molecule has 0 saturated heterocycles. The number of phenolic OH excluding ortho intramolecular Hbond substituents is 1. The molecule has 1 fully saturated rings. The van der Waals surface area contributed by atoms with E-state index in [2.05, 4.69) is 42.8 Å². The number of halogens is 1. The van der Waals surface area contributed by atoms with E-state index in [1.54, 1.807) is 0 Å². The molecule has 0 heterocycles. The molecule has 0 aromatic heterocycles. The molecule has 1 aliphatic rings. The van der Waals surface area contributed by atoms with E-state index in [4.69, 9.17) is 5.73 Å². The molecular weight excluding hydrogens is 314 g/mol. The predicted molar refractivity (Wildman–Crippen MR) is 88.3 cm³/mol. The predicted octanol–water partition coefficient (Wildman–Crippen LogP) is 4.61. The second kappa shape index (κ2) is 5.69. The normalized spacial score (nSPS) is 19.1. The molecule has 2 nitrogen and oxygen atoms in total.